The first-order valence-corrected chi connectivity index (χ1v) is 4.03. The number of hydrogen-bond acceptors (Lipinski definition) is 2. The Hall–Kier alpha value is -2.08. The van der Waals surface area contributed by atoms with Crippen LogP contribution in [0.1, 0.15) is 5.56 Å². The molecule has 0 heterocycles. The van der Waals surface area contributed by atoms with Crippen LogP contribution in [0.2, 0.25) is 0 Å². The smallest absolute Gasteiger partial charge is 0.141 e. The zero-order chi connectivity index (χ0) is 10.1. The van der Waals surface area contributed by atoms with Crippen molar-refractivity contribution in [2.75, 3.05) is 0 Å². The number of hydrogen-bond donors (Lipinski definition) is 1. The van der Waals surface area contributed by atoms with Gasteiger partial charge in [-0.2, -0.15) is 5.26 Å². The van der Waals surface area contributed by atoms with E-state index in [-0.39, 0.29) is 11.3 Å². The van der Waals surface area contributed by atoms with Gasteiger partial charge in [0, 0.05) is 5.39 Å². The van der Waals surface area contributed by atoms with Crippen LogP contribution < -0.4 is 0 Å². The lowest BCUT2D eigenvalue weighted by Gasteiger charge is -2.01. The van der Waals surface area contributed by atoms with Crippen molar-refractivity contribution in [3.05, 3.63) is 41.7 Å². The molecule has 0 atom stereocenters. The van der Waals surface area contributed by atoms with E-state index in [1.165, 1.54) is 18.2 Å². The molecule has 68 valence electrons. The minimum absolute atomic E-state index is 0.0110. The first kappa shape index (κ1) is 8.52. The lowest BCUT2D eigenvalue weighted by atomic mass is 10.1. The van der Waals surface area contributed by atoms with E-state index >= 15 is 0 Å². The van der Waals surface area contributed by atoms with E-state index in [2.05, 4.69) is 0 Å². The molecule has 2 aromatic carbocycles. The van der Waals surface area contributed by atoms with Crippen molar-refractivity contribution >= 4 is 10.8 Å². The monoisotopic (exact) mass is 187 g/mol. The first-order valence-electron chi connectivity index (χ1n) is 4.03. The highest BCUT2D eigenvalue weighted by Crippen LogP contribution is 2.26. The van der Waals surface area contributed by atoms with E-state index in [1.54, 1.807) is 18.2 Å². The van der Waals surface area contributed by atoms with E-state index in [0.29, 0.717) is 10.8 Å². The maximum Gasteiger partial charge on any atom is 0.141 e. The van der Waals surface area contributed by atoms with Gasteiger partial charge in [0.1, 0.15) is 17.6 Å². The lowest BCUT2D eigenvalue weighted by molar-refractivity contribution is 0.481. The normalized spacial score (nSPS) is 10.0. The van der Waals surface area contributed by atoms with Crippen LogP contribution in [-0.2, 0) is 0 Å². The molecule has 0 saturated heterocycles. The van der Waals surface area contributed by atoms with Crippen molar-refractivity contribution in [1.29, 1.82) is 5.26 Å². The van der Waals surface area contributed by atoms with E-state index in [4.69, 9.17) is 5.26 Å². The maximum absolute atomic E-state index is 13.2. The minimum atomic E-state index is -0.610. The highest BCUT2D eigenvalue weighted by molar-refractivity contribution is 5.89. The summed E-state index contributed by atoms with van der Waals surface area (Å²) in [7, 11) is 0. The summed E-state index contributed by atoms with van der Waals surface area (Å²) in [5.74, 6) is -0.590. The Kier molecular flexibility index (Phi) is 1.83. The van der Waals surface area contributed by atoms with Gasteiger partial charge in [-0.25, -0.2) is 4.39 Å². The molecule has 0 fully saturated rings. The number of nitriles is 1. The summed E-state index contributed by atoms with van der Waals surface area (Å²) in [6, 6.07) is 9.19. The second-order valence-corrected chi connectivity index (χ2v) is 2.94. The molecule has 0 spiro atoms. The highest BCUT2D eigenvalue weighted by Gasteiger charge is 2.05. The van der Waals surface area contributed by atoms with Crippen molar-refractivity contribution in [3.63, 3.8) is 0 Å². The third kappa shape index (κ3) is 1.17. The van der Waals surface area contributed by atoms with Gasteiger partial charge in [-0.1, -0.05) is 12.1 Å². The molecule has 0 amide bonds. The zero-order valence-corrected chi connectivity index (χ0v) is 7.16. The quantitative estimate of drug-likeness (QED) is 0.688. The Balaban J connectivity index is 2.88. The molecule has 0 aliphatic heterocycles. The molecule has 0 bridgehead atoms. The van der Waals surface area contributed by atoms with Crippen molar-refractivity contribution in [2.45, 2.75) is 0 Å². The number of phenols is 1. The van der Waals surface area contributed by atoms with Gasteiger partial charge in [0.05, 0.1) is 5.56 Å². The first-order chi connectivity index (χ1) is 6.72. The second-order valence-electron chi connectivity index (χ2n) is 2.94. The molecule has 0 unspecified atom stereocenters. The summed E-state index contributed by atoms with van der Waals surface area (Å²) in [6.45, 7) is 0. The Morgan fingerprint density at radius 2 is 2.07 bits per heavy atom. The summed E-state index contributed by atoms with van der Waals surface area (Å²) in [4.78, 5) is 0. The standard InChI is InChI=1S/C11H6FNO/c12-10-5-9-7(4-8(10)6-13)2-1-3-11(9)14/h1-5,14H. The zero-order valence-electron chi connectivity index (χ0n) is 7.16. The molecule has 14 heavy (non-hydrogen) atoms. The number of nitrogens with zero attached hydrogens (tertiary/aromatic N) is 1. The third-order valence-corrected chi connectivity index (χ3v) is 2.07. The molecular weight excluding hydrogens is 181 g/mol. The van der Waals surface area contributed by atoms with Gasteiger partial charge in [-0.3, -0.25) is 0 Å². The van der Waals surface area contributed by atoms with Crippen LogP contribution >= 0.6 is 0 Å². The molecule has 0 saturated carbocycles. The lowest BCUT2D eigenvalue weighted by Crippen LogP contribution is -1.84. The summed E-state index contributed by atoms with van der Waals surface area (Å²) >= 11 is 0. The summed E-state index contributed by atoms with van der Waals surface area (Å²) < 4.78 is 13.2. The van der Waals surface area contributed by atoms with Gasteiger partial charge in [-0.05, 0) is 23.6 Å². The fourth-order valence-corrected chi connectivity index (χ4v) is 1.37. The molecule has 0 radical (unpaired) electrons. The molecule has 0 aliphatic rings. The number of rotatable bonds is 0. The SMILES string of the molecule is N#Cc1cc2cccc(O)c2cc1F. The van der Waals surface area contributed by atoms with Crippen molar-refractivity contribution < 1.29 is 9.50 Å². The van der Waals surface area contributed by atoms with Gasteiger partial charge < -0.3 is 5.11 Å². The van der Waals surface area contributed by atoms with Gasteiger partial charge in [0.25, 0.3) is 0 Å². The number of benzene rings is 2. The van der Waals surface area contributed by atoms with Gasteiger partial charge in [0.2, 0.25) is 0 Å². The van der Waals surface area contributed by atoms with Crippen molar-refractivity contribution in [2.24, 2.45) is 0 Å². The average molecular weight is 187 g/mol. The van der Waals surface area contributed by atoms with Gasteiger partial charge in [-0.15, -0.1) is 0 Å². The summed E-state index contributed by atoms with van der Waals surface area (Å²) in [6.07, 6.45) is 0. The van der Waals surface area contributed by atoms with Crippen molar-refractivity contribution in [3.8, 4) is 11.8 Å². The average Bonchev–Trinajstić information content (AvgIpc) is 2.19. The van der Waals surface area contributed by atoms with E-state index in [1.807, 2.05) is 0 Å². The molecule has 1 N–H and O–H groups in total. The highest BCUT2D eigenvalue weighted by atomic mass is 19.1. The Morgan fingerprint density at radius 3 is 2.79 bits per heavy atom. The predicted molar refractivity (Wildman–Crippen MR) is 50.3 cm³/mol. The van der Waals surface area contributed by atoms with E-state index in [9.17, 15) is 9.50 Å². The van der Waals surface area contributed by atoms with Crippen LogP contribution in [0.4, 0.5) is 4.39 Å². The topological polar surface area (TPSA) is 44.0 Å². The second kappa shape index (κ2) is 3.00. The number of fused-ring (bicyclic) bond motifs is 1. The Morgan fingerprint density at radius 1 is 1.29 bits per heavy atom. The molecule has 2 rings (SSSR count). The van der Waals surface area contributed by atoms with Crippen LogP contribution in [0.3, 0.4) is 0 Å². The molecule has 0 aromatic heterocycles. The Labute approximate surface area is 79.8 Å². The molecular formula is C11H6FNO. The van der Waals surface area contributed by atoms with Gasteiger partial charge in [0.15, 0.2) is 0 Å². The van der Waals surface area contributed by atoms with Crippen LogP contribution in [-0.4, -0.2) is 5.11 Å². The van der Waals surface area contributed by atoms with E-state index < -0.39 is 5.82 Å². The summed E-state index contributed by atoms with van der Waals surface area (Å²) in [5, 5.41) is 19.1. The fraction of sp³-hybridized carbons (Fsp3) is 0. The molecule has 2 aromatic rings. The van der Waals surface area contributed by atoms with Crippen LogP contribution in [0.15, 0.2) is 30.3 Å². The summed E-state index contributed by atoms with van der Waals surface area (Å²) in [5.41, 5.74) is -0.0110. The largest absolute Gasteiger partial charge is 0.507 e. The molecule has 3 heteroatoms. The number of phenolic OH excluding ortho intramolecular Hbond substituents is 1. The molecule has 2 nitrogen and oxygen atoms in total. The van der Waals surface area contributed by atoms with Crippen LogP contribution in [0, 0.1) is 17.1 Å². The molecule has 0 aliphatic carbocycles. The van der Waals surface area contributed by atoms with Crippen LogP contribution in [0.25, 0.3) is 10.8 Å². The predicted octanol–water partition coefficient (Wildman–Crippen LogP) is 2.56. The van der Waals surface area contributed by atoms with Gasteiger partial charge >= 0.3 is 0 Å². The van der Waals surface area contributed by atoms with Crippen LogP contribution in [0.5, 0.6) is 5.75 Å². The minimum Gasteiger partial charge on any atom is -0.507 e. The third-order valence-electron chi connectivity index (χ3n) is 2.07. The fourth-order valence-electron chi connectivity index (χ4n) is 1.37. The number of aromatic hydroxyl groups is 1. The van der Waals surface area contributed by atoms with E-state index in [0.717, 1.165) is 0 Å². The Bertz CT molecular complexity index is 543. The van der Waals surface area contributed by atoms with Crippen molar-refractivity contribution in [1.82, 2.24) is 0 Å². The maximum atomic E-state index is 13.2. The number of halogens is 1.